The maximum absolute atomic E-state index is 2.55. The number of para-hydroxylation sites is 2. The average molecular weight is 910 g/mol. The van der Waals surface area contributed by atoms with Crippen LogP contribution in [0, 0.1) is 0 Å². The van der Waals surface area contributed by atoms with Crippen LogP contribution in [0.25, 0.3) is 119 Å². The molecule has 0 spiro atoms. The lowest BCUT2D eigenvalue weighted by atomic mass is 9.79. The van der Waals surface area contributed by atoms with E-state index in [1.54, 1.807) is 0 Å². The van der Waals surface area contributed by atoms with Gasteiger partial charge in [0.05, 0.1) is 16.7 Å². The Labute approximate surface area is 411 Å². The molecule has 330 valence electrons. The molecule has 0 aliphatic heterocycles. The van der Waals surface area contributed by atoms with E-state index >= 15 is 0 Å². The van der Waals surface area contributed by atoms with E-state index in [0.29, 0.717) is 11.8 Å². The zero-order valence-electron chi connectivity index (χ0n) is 38.9. The Morgan fingerprint density at radius 2 is 1.00 bits per heavy atom. The van der Waals surface area contributed by atoms with Crippen molar-refractivity contribution in [2.75, 3.05) is 0 Å². The zero-order chi connectivity index (χ0) is 46.0. The normalized spacial score (nSPS) is 14.4. The fraction of sp³-hybridized carbons (Fsp3) is 0.0882. The number of thiophene rings is 1. The Bertz CT molecular complexity index is 4210. The first-order valence-electron chi connectivity index (χ1n) is 25.0. The first-order chi connectivity index (χ1) is 34.7. The van der Waals surface area contributed by atoms with Gasteiger partial charge in [0.2, 0.25) is 0 Å². The fourth-order valence-electron chi connectivity index (χ4n) is 13.2. The van der Waals surface area contributed by atoms with E-state index in [2.05, 4.69) is 230 Å². The minimum Gasteiger partial charge on any atom is -0.308 e. The Morgan fingerprint density at radius 1 is 0.471 bits per heavy atom. The van der Waals surface area contributed by atoms with E-state index in [-0.39, 0.29) is 0 Å². The number of benzene rings is 11. The SMILES string of the molecule is CC1CC=Cc2c1c(-c1cccc3c1sc1cc(-c4c5ccccc5c(CCC5c6ccccc6-c6ccccc65)c5ccccc45)ccc13)c1ccccc1c2-n1c2ccccc2c2ccccc21. The Hall–Kier alpha value is -8.04. The average Bonchev–Trinajstić information content (AvgIpc) is 4.07. The summed E-state index contributed by atoms with van der Waals surface area (Å²) in [7, 11) is 0. The number of aryl methyl sites for hydroxylation is 1. The van der Waals surface area contributed by atoms with E-state index in [4.69, 9.17) is 0 Å². The molecule has 0 N–H and O–H groups in total. The Balaban J connectivity index is 0.905. The van der Waals surface area contributed by atoms with Crippen molar-refractivity contribution in [3.05, 3.63) is 240 Å². The van der Waals surface area contributed by atoms with Crippen LogP contribution in [0.4, 0.5) is 0 Å². The number of hydrogen-bond acceptors (Lipinski definition) is 1. The Morgan fingerprint density at radius 3 is 1.66 bits per heavy atom. The summed E-state index contributed by atoms with van der Waals surface area (Å²) in [5, 5.41) is 13.2. The van der Waals surface area contributed by atoms with Crippen LogP contribution in [0.5, 0.6) is 0 Å². The summed E-state index contributed by atoms with van der Waals surface area (Å²) in [5.74, 6) is 0.725. The van der Waals surface area contributed by atoms with Gasteiger partial charge in [-0.05, 0) is 120 Å². The number of hydrogen-bond donors (Lipinski definition) is 0. The molecule has 70 heavy (non-hydrogen) atoms. The minimum absolute atomic E-state index is 0.344. The van der Waals surface area contributed by atoms with Crippen LogP contribution in [0.3, 0.4) is 0 Å². The molecule has 2 heteroatoms. The summed E-state index contributed by atoms with van der Waals surface area (Å²) < 4.78 is 5.23. The molecule has 1 atom stereocenters. The van der Waals surface area contributed by atoms with E-state index in [1.807, 2.05) is 11.3 Å². The standard InChI is InChI=1S/C68H47NS/c1-41-18-16-32-59-64(41)66(56-29-10-11-30-57(56)67(59)69-61-34-14-12-25-51(61)52-26-13-15-35-62(52)69)60-33-17-31-58-53-37-36-42(40-63(53)70-68(58)60)65-54-27-8-6-23-47(54)50(48-24-7-9-28-55(48)65)39-38-49-45-21-4-2-19-43(45)44-20-3-5-22-46(44)49/h2-17,19-37,40-41,49H,18,38-39H2,1H3. The fourth-order valence-corrected chi connectivity index (χ4v) is 14.4. The highest BCUT2D eigenvalue weighted by Crippen LogP contribution is 2.52. The molecule has 2 aliphatic carbocycles. The van der Waals surface area contributed by atoms with Gasteiger partial charge in [-0.1, -0.05) is 207 Å². The highest BCUT2D eigenvalue weighted by Gasteiger charge is 2.30. The number of nitrogens with zero attached hydrogens (tertiary/aromatic N) is 1. The molecule has 15 rings (SSSR count). The van der Waals surface area contributed by atoms with Crippen LogP contribution in [0.1, 0.15) is 59.4 Å². The monoisotopic (exact) mass is 909 g/mol. The van der Waals surface area contributed by atoms with Gasteiger partial charge in [-0.25, -0.2) is 0 Å². The molecular formula is C68H47NS. The molecule has 13 aromatic rings. The molecule has 2 aliphatic rings. The van der Waals surface area contributed by atoms with Crippen molar-refractivity contribution in [2.24, 2.45) is 0 Å². The lowest BCUT2D eigenvalue weighted by Crippen LogP contribution is -2.09. The van der Waals surface area contributed by atoms with Gasteiger partial charge in [0.1, 0.15) is 0 Å². The maximum atomic E-state index is 2.55. The van der Waals surface area contributed by atoms with Gasteiger partial charge < -0.3 is 4.57 Å². The summed E-state index contributed by atoms with van der Waals surface area (Å²) >= 11 is 1.96. The van der Waals surface area contributed by atoms with Crippen molar-refractivity contribution in [1.82, 2.24) is 4.57 Å². The predicted molar refractivity (Wildman–Crippen MR) is 301 cm³/mol. The van der Waals surface area contributed by atoms with Crippen molar-refractivity contribution in [3.63, 3.8) is 0 Å². The molecule has 2 heterocycles. The molecule has 0 amide bonds. The van der Waals surface area contributed by atoms with Gasteiger partial charge in [-0.3, -0.25) is 0 Å². The molecule has 11 aromatic carbocycles. The van der Waals surface area contributed by atoms with Crippen molar-refractivity contribution >= 4 is 91.7 Å². The maximum Gasteiger partial charge on any atom is 0.0616 e. The second-order valence-electron chi connectivity index (χ2n) is 19.7. The molecule has 0 saturated carbocycles. The summed E-state index contributed by atoms with van der Waals surface area (Å²) in [6, 6.07) is 77.9. The largest absolute Gasteiger partial charge is 0.308 e. The van der Waals surface area contributed by atoms with Gasteiger partial charge in [0, 0.05) is 53.4 Å². The number of aromatic nitrogens is 1. The highest BCUT2D eigenvalue weighted by molar-refractivity contribution is 7.26. The van der Waals surface area contributed by atoms with Gasteiger partial charge in [0.15, 0.2) is 0 Å². The van der Waals surface area contributed by atoms with Crippen molar-refractivity contribution in [3.8, 4) is 39.1 Å². The van der Waals surface area contributed by atoms with Gasteiger partial charge in [-0.15, -0.1) is 11.3 Å². The van der Waals surface area contributed by atoms with Crippen LogP contribution < -0.4 is 0 Å². The van der Waals surface area contributed by atoms with Gasteiger partial charge in [-0.2, -0.15) is 0 Å². The van der Waals surface area contributed by atoms with E-state index in [0.717, 1.165) is 19.3 Å². The molecule has 1 unspecified atom stereocenters. The summed E-state index contributed by atoms with van der Waals surface area (Å²) in [6.45, 7) is 2.43. The van der Waals surface area contributed by atoms with Crippen LogP contribution in [0.2, 0.25) is 0 Å². The quantitative estimate of drug-likeness (QED) is 0.147. The van der Waals surface area contributed by atoms with Crippen LogP contribution in [-0.2, 0) is 6.42 Å². The second-order valence-corrected chi connectivity index (χ2v) is 20.8. The summed E-state index contributed by atoms with van der Waals surface area (Å²) in [5.41, 5.74) is 19.0. The molecule has 0 fully saturated rings. The highest BCUT2D eigenvalue weighted by atomic mass is 32.1. The first kappa shape index (κ1) is 39.9. The number of allylic oxidation sites excluding steroid dienone is 1. The van der Waals surface area contributed by atoms with Crippen LogP contribution >= 0.6 is 11.3 Å². The van der Waals surface area contributed by atoms with E-state index in [1.165, 1.54) is 141 Å². The molecule has 2 aromatic heterocycles. The minimum atomic E-state index is 0.344. The van der Waals surface area contributed by atoms with Crippen molar-refractivity contribution < 1.29 is 0 Å². The summed E-state index contributed by atoms with van der Waals surface area (Å²) in [6.07, 6.45) is 7.90. The van der Waals surface area contributed by atoms with Gasteiger partial charge in [0.25, 0.3) is 0 Å². The smallest absolute Gasteiger partial charge is 0.0616 e. The van der Waals surface area contributed by atoms with Crippen molar-refractivity contribution in [1.29, 1.82) is 0 Å². The summed E-state index contributed by atoms with van der Waals surface area (Å²) in [4.78, 5) is 0. The third kappa shape index (κ3) is 5.72. The number of rotatable bonds is 6. The molecule has 1 nitrogen and oxygen atoms in total. The third-order valence-electron chi connectivity index (χ3n) is 16.1. The van der Waals surface area contributed by atoms with E-state index in [9.17, 15) is 0 Å². The lowest BCUT2D eigenvalue weighted by Gasteiger charge is -2.28. The number of fused-ring (bicyclic) bond motifs is 13. The topological polar surface area (TPSA) is 4.93 Å². The second kappa shape index (κ2) is 15.5. The molecule has 0 bridgehead atoms. The lowest BCUT2D eigenvalue weighted by molar-refractivity contribution is 0.735. The predicted octanol–water partition coefficient (Wildman–Crippen LogP) is 19.2. The molecule has 0 radical (unpaired) electrons. The molecular weight excluding hydrogens is 863 g/mol. The van der Waals surface area contributed by atoms with Crippen molar-refractivity contribution in [2.45, 2.75) is 38.0 Å². The zero-order valence-corrected chi connectivity index (χ0v) is 39.7. The first-order valence-corrected chi connectivity index (χ1v) is 25.8. The molecule has 0 saturated heterocycles. The van der Waals surface area contributed by atoms with E-state index < -0.39 is 0 Å². The van der Waals surface area contributed by atoms with Gasteiger partial charge >= 0.3 is 0 Å². The van der Waals surface area contributed by atoms with Crippen LogP contribution in [-0.4, -0.2) is 4.57 Å². The van der Waals surface area contributed by atoms with Crippen LogP contribution in [0.15, 0.2) is 212 Å². The third-order valence-corrected chi connectivity index (χ3v) is 17.3. The Kier molecular flexibility index (Phi) is 8.83.